The van der Waals surface area contributed by atoms with Gasteiger partial charge in [0.15, 0.2) is 0 Å². The summed E-state index contributed by atoms with van der Waals surface area (Å²) in [4.78, 5) is 34.2. The van der Waals surface area contributed by atoms with Crippen LogP contribution in [0, 0.1) is 10.1 Å². The summed E-state index contributed by atoms with van der Waals surface area (Å²) < 4.78 is 4.72. The lowest BCUT2D eigenvalue weighted by Crippen LogP contribution is -2.17. The fourth-order valence-corrected chi connectivity index (χ4v) is 1.90. The first-order valence-corrected chi connectivity index (χ1v) is 7.39. The number of nitro benzene ring substituents is 1. The number of carbonyl (C=O) groups is 2. The lowest BCUT2D eigenvalue weighted by Gasteiger charge is -2.12. The molecule has 1 amide bonds. The quantitative estimate of drug-likeness (QED) is 0.213. The van der Waals surface area contributed by atoms with Gasteiger partial charge in [0.05, 0.1) is 4.92 Å². The Labute approximate surface area is 138 Å². The third-order valence-corrected chi connectivity index (χ3v) is 3.09. The molecule has 1 aromatic carbocycles. The maximum absolute atomic E-state index is 10.9. The van der Waals surface area contributed by atoms with Crippen molar-refractivity contribution in [3.8, 4) is 0 Å². The molecule has 9 nitrogen and oxygen atoms in total. The SMILES string of the molecule is CCCCCC(=O)C=[N+]=[N-].O=C1Nc2ccc(cc2[N+](=O)[O-])CO1. The summed E-state index contributed by atoms with van der Waals surface area (Å²) in [7, 11) is 0. The summed E-state index contributed by atoms with van der Waals surface area (Å²) in [5, 5.41) is 12.9. The van der Waals surface area contributed by atoms with E-state index < -0.39 is 11.0 Å². The second-order valence-corrected chi connectivity index (χ2v) is 4.98. The normalized spacial score (nSPS) is 11.6. The molecule has 2 aliphatic rings. The number of hydrogen-bond donors (Lipinski definition) is 1. The molecule has 2 bridgehead atoms. The van der Waals surface area contributed by atoms with Crippen LogP contribution < -0.4 is 5.32 Å². The first-order valence-electron chi connectivity index (χ1n) is 7.39. The Morgan fingerprint density at radius 3 is 2.88 bits per heavy atom. The van der Waals surface area contributed by atoms with E-state index in [4.69, 9.17) is 10.3 Å². The average molecular weight is 334 g/mol. The second kappa shape index (κ2) is 9.86. The molecule has 9 heteroatoms. The minimum Gasteiger partial charge on any atom is -0.444 e. The van der Waals surface area contributed by atoms with Crippen LogP contribution in [0.1, 0.15) is 38.2 Å². The van der Waals surface area contributed by atoms with Crippen molar-refractivity contribution < 1.29 is 24.0 Å². The lowest BCUT2D eigenvalue weighted by atomic mass is 10.1. The topological polar surface area (TPSA) is 135 Å². The number of Topliss-reactive ketones (excluding diaryl/α,β-unsaturated/α-hetero) is 1. The molecule has 128 valence electrons. The number of hydrogen-bond acceptors (Lipinski definition) is 5. The van der Waals surface area contributed by atoms with Gasteiger partial charge >= 0.3 is 12.3 Å². The first-order chi connectivity index (χ1) is 11.5. The van der Waals surface area contributed by atoms with Gasteiger partial charge < -0.3 is 10.3 Å². The van der Waals surface area contributed by atoms with Crippen molar-refractivity contribution in [3.63, 3.8) is 0 Å². The highest BCUT2D eigenvalue weighted by Gasteiger charge is 2.20. The molecular formula is C15H18N4O5. The number of nitrogens with one attached hydrogen (secondary N) is 1. The van der Waals surface area contributed by atoms with E-state index in [9.17, 15) is 19.7 Å². The van der Waals surface area contributed by atoms with Crippen LogP contribution in [0.5, 0.6) is 0 Å². The zero-order valence-electron chi connectivity index (χ0n) is 13.2. The number of rotatable bonds is 6. The molecule has 0 aliphatic carbocycles. The van der Waals surface area contributed by atoms with Crippen LogP contribution in [0.25, 0.3) is 5.53 Å². The summed E-state index contributed by atoms with van der Waals surface area (Å²) in [6.07, 6.45) is 3.83. The van der Waals surface area contributed by atoms with Crippen LogP contribution in [0.3, 0.4) is 0 Å². The number of unbranched alkanes of at least 4 members (excludes halogenated alkanes) is 2. The molecular weight excluding hydrogens is 316 g/mol. The van der Waals surface area contributed by atoms with Crippen molar-refractivity contribution in [3.05, 3.63) is 39.4 Å². The molecule has 0 fully saturated rings. The molecule has 0 saturated carbocycles. The molecule has 0 unspecified atom stereocenters. The van der Waals surface area contributed by atoms with Gasteiger partial charge in [0.1, 0.15) is 12.3 Å². The van der Waals surface area contributed by atoms with Gasteiger partial charge in [-0.3, -0.25) is 20.2 Å². The van der Waals surface area contributed by atoms with E-state index in [-0.39, 0.29) is 23.8 Å². The Morgan fingerprint density at radius 1 is 1.50 bits per heavy atom. The van der Waals surface area contributed by atoms with Crippen LogP contribution in [0.15, 0.2) is 18.2 Å². The number of anilines is 1. The van der Waals surface area contributed by atoms with Crippen LogP contribution >= 0.6 is 0 Å². The maximum Gasteiger partial charge on any atom is 0.412 e. The number of carbonyl (C=O) groups excluding carboxylic acids is 2. The van der Waals surface area contributed by atoms with E-state index in [1.54, 1.807) is 6.07 Å². The van der Waals surface area contributed by atoms with E-state index in [1.165, 1.54) is 12.1 Å². The van der Waals surface area contributed by atoms with Gasteiger partial charge in [0, 0.05) is 12.5 Å². The van der Waals surface area contributed by atoms with E-state index >= 15 is 0 Å². The average Bonchev–Trinajstić information content (AvgIpc) is 2.52. The highest BCUT2D eigenvalue weighted by atomic mass is 16.6. The maximum atomic E-state index is 10.9. The Hall–Kier alpha value is -3.06. The van der Waals surface area contributed by atoms with E-state index in [2.05, 4.69) is 17.0 Å². The molecule has 3 rings (SSSR count). The van der Waals surface area contributed by atoms with Crippen molar-refractivity contribution in [1.82, 2.24) is 0 Å². The molecule has 0 radical (unpaired) electrons. The van der Waals surface area contributed by atoms with Crippen molar-refractivity contribution in [1.29, 1.82) is 0 Å². The predicted octanol–water partition coefficient (Wildman–Crippen LogP) is 3.09. The molecule has 2 aliphatic heterocycles. The summed E-state index contributed by atoms with van der Waals surface area (Å²) in [6, 6.07) is 4.55. The molecule has 0 atom stereocenters. The third-order valence-electron chi connectivity index (χ3n) is 3.09. The molecule has 1 N–H and O–H groups in total. The minimum absolute atomic E-state index is 0.0486. The van der Waals surface area contributed by atoms with Gasteiger partial charge in [-0.2, -0.15) is 4.79 Å². The Morgan fingerprint density at radius 2 is 2.25 bits per heavy atom. The molecule has 0 aromatic heterocycles. The number of ketones is 1. The molecule has 0 saturated heterocycles. The second-order valence-electron chi connectivity index (χ2n) is 4.98. The number of fused-ring (bicyclic) bond motifs is 5. The largest absolute Gasteiger partial charge is 0.444 e. The fourth-order valence-electron chi connectivity index (χ4n) is 1.90. The van der Waals surface area contributed by atoms with Crippen LogP contribution in [0.2, 0.25) is 0 Å². The number of ether oxygens (including phenoxy) is 1. The zero-order chi connectivity index (χ0) is 17.9. The Kier molecular flexibility index (Phi) is 7.80. The van der Waals surface area contributed by atoms with Crippen molar-refractivity contribution in [2.45, 2.75) is 39.2 Å². The van der Waals surface area contributed by atoms with E-state index in [1.807, 2.05) is 0 Å². The Bertz CT molecular complexity index is 668. The van der Waals surface area contributed by atoms with Crippen molar-refractivity contribution >= 4 is 29.5 Å². The summed E-state index contributed by atoms with van der Waals surface area (Å²) in [5.41, 5.74) is 8.59. The highest BCUT2D eigenvalue weighted by molar-refractivity contribution is 6.25. The van der Waals surface area contributed by atoms with Crippen molar-refractivity contribution in [2.75, 3.05) is 5.32 Å². The summed E-state index contributed by atoms with van der Waals surface area (Å²) in [6.45, 7) is 2.12. The third kappa shape index (κ3) is 6.37. The highest BCUT2D eigenvalue weighted by Crippen LogP contribution is 2.27. The monoisotopic (exact) mass is 334 g/mol. The lowest BCUT2D eigenvalue weighted by molar-refractivity contribution is -0.384. The van der Waals surface area contributed by atoms with Crippen LogP contribution in [-0.4, -0.2) is 27.8 Å². The van der Waals surface area contributed by atoms with Crippen LogP contribution in [0.4, 0.5) is 16.2 Å². The standard InChI is InChI=1S/C8H6N2O4.C7H12N2O/c11-8-9-6-2-1-5(4-14-8)3-7(6)10(12)13;1-2-3-4-5-7(10)6-9-8/h1-3H,4H2,(H,9,11);6H,2-5H2,1H3. The van der Waals surface area contributed by atoms with Gasteiger partial charge in [-0.1, -0.05) is 25.8 Å². The first kappa shape index (κ1) is 19.0. The summed E-state index contributed by atoms with van der Waals surface area (Å²) >= 11 is 0. The summed E-state index contributed by atoms with van der Waals surface area (Å²) in [5.74, 6) is -0.101. The van der Waals surface area contributed by atoms with Gasteiger partial charge in [0.2, 0.25) is 5.78 Å². The van der Waals surface area contributed by atoms with Gasteiger partial charge in [-0.25, -0.2) is 4.79 Å². The van der Waals surface area contributed by atoms with Gasteiger partial charge in [-0.05, 0) is 18.1 Å². The predicted molar refractivity (Wildman–Crippen MR) is 85.7 cm³/mol. The van der Waals surface area contributed by atoms with Gasteiger partial charge in [0.25, 0.3) is 5.69 Å². The van der Waals surface area contributed by atoms with Crippen molar-refractivity contribution in [2.24, 2.45) is 0 Å². The number of amides is 1. The van der Waals surface area contributed by atoms with E-state index in [0.717, 1.165) is 25.5 Å². The Balaban J connectivity index is 0.000000257. The molecule has 24 heavy (non-hydrogen) atoms. The molecule has 0 spiro atoms. The minimum atomic E-state index is -0.672. The zero-order valence-corrected chi connectivity index (χ0v) is 13.2. The van der Waals surface area contributed by atoms with Gasteiger partial charge in [-0.15, -0.1) is 0 Å². The number of benzene rings is 1. The molecule has 2 heterocycles. The van der Waals surface area contributed by atoms with E-state index in [0.29, 0.717) is 12.0 Å². The number of nitrogens with zero attached hydrogens (tertiary/aromatic N) is 3. The molecule has 1 aromatic rings. The fraction of sp³-hybridized carbons (Fsp3) is 0.400. The number of nitro groups is 1. The van der Waals surface area contributed by atoms with Crippen LogP contribution in [-0.2, 0) is 16.1 Å². The smallest absolute Gasteiger partial charge is 0.412 e.